The van der Waals surface area contributed by atoms with Crippen LogP contribution in [0, 0.1) is 37.0 Å². The summed E-state index contributed by atoms with van der Waals surface area (Å²) in [6.07, 6.45) is 7.70. The van der Waals surface area contributed by atoms with Gasteiger partial charge in [0.25, 0.3) is 0 Å². The summed E-state index contributed by atoms with van der Waals surface area (Å²) in [5.41, 5.74) is 4.37. The maximum absolute atomic E-state index is 13.2. The van der Waals surface area contributed by atoms with Crippen LogP contribution in [0.4, 0.5) is 5.13 Å². The number of oxazole rings is 1. The molecule has 0 radical (unpaired) electrons. The second-order valence-corrected chi connectivity index (χ2v) is 12.0. The first-order chi connectivity index (χ1) is 16.3. The fourth-order valence-electron chi connectivity index (χ4n) is 7.34. The first-order valence-corrected chi connectivity index (χ1v) is 13.3. The molecule has 1 aromatic carbocycles. The number of hydrogen-bond acceptors (Lipinski definition) is 6. The maximum Gasteiger partial charge on any atom is 0.226 e. The van der Waals surface area contributed by atoms with E-state index in [0.717, 1.165) is 48.1 Å². The van der Waals surface area contributed by atoms with Crippen LogP contribution in [0.15, 0.2) is 22.7 Å². The highest BCUT2D eigenvalue weighted by atomic mass is 32.1. The molecule has 5 atom stereocenters. The molecular weight excluding hydrogens is 446 g/mol. The van der Waals surface area contributed by atoms with Crippen molar-refractivity contribution in [1.29, 1.82) is 0 Å². The summed E-state index contributed by atoms with van der Waals surface area (Å²) in [5, 5.41) is 3.59. The standard InChI is InChI=1S/C27H31N3O3S/c1-14-13-28-26(34-14)30-24(32)7-5-17-11-23(31)27(3)9-8-18-19(25(17)27)6-4-16-10-22-21(12-20(16)18)29-15(2)33-22/h10,12-13,17-19,25H,4-9,11H2,1-3H3,(H,28,30,32). The SMILES string of the molecule is Cc1nc2cc3c(cc2o1)CCC1C3CCC2(C)C(=O)CC(CCC(=O)Nc3ncc(C)s3)C12. The number of rotatable bonds is 4. The van der Waals surface area contributed by atoms with Gasteiger partial charge in [-0.15, -0.1) is 11.3 Å². The van der Waals surface area contributed by atoms with Crippen molar-refractivity contribution in [2.24, 2.45) is 23.2 Å². The molecule has 0 spiro atoms. The van der Waals surface area contributed by atoms with Crippen molar-refractivity contribution < 1.29 is 14.0 Å². The number of thiazole rings is 1. The molecule has 5 unspecified atom stereocenters. The Kier molecular flexibility index (Phi) is 5.17. The Labute approximate surface area is 203 Å². The van der Waals surface area contributed by atoms with Crippen LogP contribution < -0.4 is 5.32 Å². The monoisotopic (exact) mass is 477 g/mol. The van der Waals surface area contributed by atoms with E-state index in [1.165, 1.54) is 22.5 Å². The quantitative estimate of drug-likeness (QED) is 0.500. The van der Waals surface area contributed by atoms with Gasteiger partial charge in [0, 0.05) is 36.3 Å². The molecule has 2 saturated carbocycles. The Bertz CT molecular complexity index is 1290. The Morgan fingerprint density at radius 3 is 2.94 bits per heavy atom. The number of benzene rings is 1. The first kappa shape index (κ1) is 22.0. The van der Waals surface area contributed by atoms with Crippen molar-refractivity contribution >= 4 is 39.3 Å². The molecule has 34 heavy (non-hydrogen) atoms. The Morgan fingerprint density at radius 1 is 1.29 bits per heavy atom. The van der Waals surface area contributed by atoms with E-state index in [-0.39, 0.29) is 17.2 Å². The van der Waals surface area contributed by atoms with Crippen LogP contribution in [0.25, 0.3) is 11.1 Å². The Morgan fingerprint density at radius 2 is 2.15 bits per heavy atom. The summed E-state index contributed by atoms with van der Waals surface area (Å²) < 4.78 is 5.79. The number of carbonyl (C=O) groups is 2. The van der Waals surface area contributed by atoms with Crippen molar-refractivity contribution in [2.75, 3.05) is 5.32 Å². The summed E-state index contributed by atoms with van der Waals surface area (Å²) >= 11 is 1.49. The van der Waals surface area contributed by atoms with E-state index in [1.54, 1.807) is 6.20 Å². The summed E-state index contributed by atoms with van der Waals surface area (Å²) in [6, 6.07) is 4.44. The van der Waals surface area contributed by atoms with Gasteiger partial charge in [-0.3, -0.25) is 9.59 Å². The number of carbonyl (C=O) groups excluding carboxylic acids is 2. The first-order valence-electron chi connectivity index (χ1n) is 12.5. The lowest BCUT2D eigenvalue weighted by molar-refractivity contribution is -0.129. The average Bonchev–Trinajstić information content (AvgIpc) is 3.44. The molecule has 1 amide bonds. The predicted octanol–water partition coefficient (Wildman–Crippen LogP) is 5.97. The van der Waals surface area contributed by atoms with Crippen LogP contribution in [0.3, 0.4) is 0 Å². The average molecular weight is 478 g/mol. The number of fused-ring (bicyclic) bond motifs is 6. The van der Waals surface area contributed by atoms with Gasteiger partial charge in [0.1, 0.15) is 11.3 Å². The Balaban J connectivity index is 1.24. The molecule has 2 heterocycles. The van der Waals surface area contributed by atoms with Gasteiger partial charge in [0.05, 0.1) is 0 Å². The number of amides is 1. The summed E-state index contributed by atoms with van der Waals surface area (Å²) in [4.78, 5) is 35.8. The van der Waals surface area contributed by atoms with Crippen LogP contribution in [-0.4, -0.2) is 21.7 Å². The molecular formula is C27H31N3O3S. The van der Waals surface area contributed by atoms with Gasteiger partial charge in [-0.25, -0.2) is 9.97 Å². The third-order valence-corrected chi connectivity index (χ3v) is 9.62. The predicted molar refractivity (Wildman–Crippen MR) is 132 cm³/mol. The number of nitrogens with one attached hydrogen (secondary N) is 1. The molecule has 1 N–H and O–H groups in total. The number of ketones is 1. The second-order valence-electron chi connectivity index (χ2n) is 10.8. The van der Waals surface area contributed by atoms with Crippen LogP contribution >= 0.6 is 11.3 Å². The highest BCUT2D eigenvalue weighted by Gasteiger charge is 2.58. The molecule has 6 nitrogen and oxygen atoms in total. The van der Waals surface area contributed by atoms with Gasteiger partial charge in [0.15, 0.2) is 16.6 Å². The van der Waals surface area contributed by atoms with E-state index >= 15 is 0 Å². The van der Waals surface area contributed by atoms with E-state index in [0.29, 0.717) is 47.4 Å². The number of aromatic nitrogens is 2. The van der Waals surface area contributed by atoms with Crippen LogP contribution in [0.5, 0.6) is 0 Å². The maximum atomic E-state index is 13.2. The zero-order chi connectivity index (χ0) is 23.6. The lowest BCUT2D eigenvalue weighted by Crippen LogP contribution is -2.44. The molecule has 2 aromatic heterocycles. The molecule has 0 aliphatic heterocycles. The van der Waals surface area contributed by atoms with E-state index < -0.39 is 0 Å². The van der Waals surface area contributed by atoms with Gasteiger partial charge in [-0.2, -0.15) is 0 Å². The Hall–Kier alpha value is -2.54. The number of hydrogen-bond donors (Lipinski definition) is 1. The van der Waals surface area contributed by atoms with Gasteiger partial charge < -0.3 is 9.73 Å². The van der Waals surface area contributed by atoms with Gasteiger partial charge in [-0.1, -0.05) is 6.92 Å². The third-order valence-electron chi connectivity index (χ3n) is 8.79. The molecule has 3 aliphatic carbocycles. The number of anilines is 1. The van der Waals surface area contributed by atoms with Crippen LogP contribution in [-0.2, 0) is 16.0 Å². The van der Waals surface area contributed by atoms with E-state index in [1.807, 2.05) is 13.8 Å². The van der Waals surface area contributed by atoms with Crippen molar-refractivity contribution in [3.8, 4) is 0 Å². The largest absolute Gasteiger partial charge is 0.441 e. The molecule has 2 fully saturated rings. The van der Waals surface area contributed by atoms with Crippen LogP contribution in [0.2, 0.25) is 0 Å². The molecule has 0 saturated heterocycles. The molecule has 3 aromatic rings. The van der Waals surface area contributed by atoms with Gasteiger partial charge >= 0.3 is 0 Å². The minimum absolute atomic E-state index is 0.000505. The fraction of sp³-hybridized carbons (Fsp3) is 0.556. The van der Waals surface area contributed by atoms with Crippen molar-refractivity contribution in [1.82, 2.24) is 9.97 Å². The third kappa shape index (κ3) is 3.51. The normalized spacial score (nSPS) is 30.1. The molecule has 178 valence electrons. The molecule has 0 bridgehead atoms. The highest BCUT2D eigenvalue weighted by Crippen LogP contribution is 2.62. The summed E-state index contributed by atoms with van der Waals surface area (Å²) in [6.45, 7) is 6.08. The lowest BCUT2D eigenvalue weighted by Gasteiger charge is -2.50. The number of aryl methyl sites for hydroxylation is 3. The number of Topliss-reactive ketones (excluding diaryl/α,β-unsaturated/α-hetero) is 1. The minimum atomic E-state index is -0.249. The molecule has 3 aliphatic rings. The number of nitrogens with zero attached hydrogens (tertiary/aromatic N) is 2. The molecule has 6 rings (SSSR count). The zero-order valence-corrected chi connectivity index (χ0v) is 20.8. The topological polar surface area (TPSA) is 85.1 Å². The molecule has 7 heteroatoms. The van der Waals surface area contributed by atoms with Crippen molar-refractivity contribution in [3.05, 3.63) is 40.2 Å². The van der Waals surface area contributed by atoms with Gasteiger partial charge in [0.2, 0.25) is 5.91 Å². The van der Waals surface area contributed by atoms with E-state index in [9.17, 15) is 9.59 Å². The fourth-order valence-corrected chi connectivity index (χ4v) is 8.02. The van der Waals surface area contributed by atoms with Crippen LogP contribution in [0.1, 0.15) is 73.3 Å². The van der Waals surface area contributed by atoms with E-state index in [2.05, 4.69) is 34.3 Å². The smallest absolute Gasteiger partial charge is 0.226 e. The van der Waals surface area contributed by atoms with E-state index in [4.69, 9.17) is 4.42 Å². The summed E-state index contributed by atoms with van der Waals surface area (Å²) in [7, 11) is 0. The highest BCUT2D eigenvalue weighted by molar-refractivity contribution is 7.15. The lowest BCUT2D eigenvalue weighted by atomic mass is 9.54. The van der Waals surface area contributed by atoms with Gasteiger partial charge in [-0.05, 0) is 86.0 Å². The van der Waals surface area contributed by atoms with Crippen molar-refractivity contribution in [2.45, 2.75) is 71.6 Å². The summed E-state index contributed by atoms with van der Waals surface area (Å²) in [5.74, 6) is 2.68. The minimum Gasteiger partial charge on any atom is -0.441 e. The second kappa shape index (κ2) is 8.01. The van der Waals surface area contributed by atoms with Crippen molar-refractivity contribution in [3.63, 3.8) is 0 Å². The zero-order valence-electron chi connectivity index (χ0n) is 20.0.